The lowest BCUT2D eigenvalue weighted by molar-refractivity contribution is -0.138. The zero-order valence-corrected chi connectivity index (χ0v) is 15.1. The van der Waals surface area contributed by atoms with E-state index in [1.165, 1.54) is 11.1 Å². The molecule has 0 unspecified atom stereocenters. The fourth-order valence-electron chi connectivity index (χ4n) is 3.31. The molecular formula is C22H21N3O2. The minimum absolute atomic E-state index is 0.0330. The van der Waals surface area contributed by atoms with Crippen LogP contribution in [0.15, 0.2) is 60.9 Å². The van der Waals surface area contributed by atoms with E-state index in [-0.39, 0.29) is 11.8 Å². The molecular weight excluding hydrogens is 338 g/mol. The van der Waals surface area contributed by atoms with Crippen LogP contribution >= 0.6 is 0 Å². The third kappa shape index (κ3) is 3.97. The van der Waals surface area contributed by atoms with Gasteiger partial charge in [0.25, 0.3) is 0 Å². The number of aromatic nitrogens is 2. The molecule has 4 rings (SSSR count). The van der Waals surface area contributed by atoms with Crippen LogP contribution in [0.25, 0.3) is 11.1 Å². The highest BCUT2D eigenvalue weighted by Gasteiger charge is 2.45. The number of carboxylic acids is 1. The minimum atomic E-state index is -0.738. The lowest BCUT2D eigenvalue weighted by Crippen LogP contribution is -2.01. The molecule has 1 fully saturated rings. The maximum Gasteiger partial charge on any atom is 0.307 e. The van der Waals surface area contributed by atoms with Crippen molar-refractivity contribution in [3.8, 4) is 11.1 Å². The second-order valence-electron chi connectivity index (χ2n) is 7.03. The Kier molecular flexibility index (Phi) is 4.59. The summed E-state index contributed by atoms with van der Waals surface area (Å²) in [6.45, 7) is 2.81. The Morgan fingerprint density at radius 2 is 2.04 bits per heavy atom. The van der Waals surface area contributed by atoms with Gasteiger partial charge in [-0.2, -0.15) is 0 Å². The number of hydrogen-bond acceptors (Lipinski definition) is 4. The summed E-state index contributed by atoms with van der Waals surface area (Å²) < 4.78 is 0. The Bertz CT molecular complexity index is 969. The Hall–Kier alpha value is -3.21. The van der Waals surface area contributed by atoms with E-state index in [4.69, 9.17) is 5.11 Å². The van der Waals surface area contributed by atoms with Crippen molar-refractivity contribution in [1.29, 1.82) is 0 Å². The summed E-state index contributed by atoms with van der Waals surface area (Å²) in [5, 5.41) is 12.4. The maximum atomic E-state index is 11.1. The Labute approximate surface area is 158 Å². The first-order chi connectivity index (χ1) is 13.1. The van der Waals surface area contributed by atoms with E-state index in [0.29, 0.717) is 6.42 Å². The number of nitrogens with one attached hydrogen (secondary N) is 1. The van der Waals surface area contributed by atoms with Gasteiger partial charge in [-0.1, -0.05) is 29.8 Å². The van der Waals surface area contributed by atoms with Crippen LogP contribution in [0.5, 0.6) is 0 Å². The number of hydrogen-bond donors (Lipinski definition) is 2. The van der Waals surface area contributed by atoms with E-state index in [1.54, 1.807) is 6.20 Å². The van der Waals surface area contributed by atoms with Crippen LogP contribution in [-0.4, -0.2) is 21.0 Å². The van der Waals surface area contributed by atoms with Crippen LogP contribution in [0.3, 0.4) is 0 Å². The van der Waals surface area contributed by atoms with Crippen molar-refractivity contribution in [2.75, 3.05) is 5.32 Å². The summed E-state index contributed by atoms with van der Waals surface area (Å²) in [5.41, 5.74) is 5.31. The van der Waals surface area contributed by atoms with Gasteiger partial charge in [0, 0.05) is 36.1 Å². The molecule has 2 heterocycles. The third-order valence-electron chi connectivity index (χ3n) is 4.92. The number of aryl methyl sites for hydroxylation is 1. The van der Waals surface area contributed by atoms with E-state index in [2.05, 4.69) is 46.5 Å². The summed E-state index contributed by atoms with van der Waals surface area (Å²) in [6, 6.07) is 16.3. The van der Waals surface area contributed by atoms with Gasteiger partial charge in [-0.15, -0.1) is 0 Å². The van der Waals surface area contributed by atoms with Crippen molar-refractivity contribution in [3.05, 3.63) is 77.7 Å². The van der Waals surface area contributed by atoms with Crippen LogP contribution in [0, 0.1) is 12.8 Å². The van der Waals surface area contributed by atoms with E-state index in [0.717, 1.165) is 29.2 Å². The van der Waals surface area contributed by atoms with E-state index in [1.807, 2.05) is 30.5 Å². The molecule has 136 valence electrons. The summed E-state index contributed by atoms with van der Waals surface area (Å²) in [4.78, 5) is 19.9. The Morgan fingerprint density at radius 1 is 1.15 bits per heavy atom. The second-order valence-corrected chi connectivity index (χ2v) is 7.03. The average molecular weight is 359 g/mol. The van der Waals surface area contributed by atoms with Gasteiger partial charge in [-0.05, 0) is 48.7 Å². The van der Waals surface area contributed by atoms with Gasteiger partial charge in [-0.3, -0.25) is 9.78 Å². The fourth-order valence-corrected chi connectivity index (χ4v) is 3.31. The molecule has 3 aromatic rings. The predicted molar refractivity (Wildman–Crippen MR) is 104 cm³/mol. The van der Waals surface area contributed by atoms with Crippen molar-refractivity contribution in [1.82, 2.24) is 9.97 Å². The molecule has 0 aliphatic heterocycles. The number of benzene rings is 1. The molecule has 0 radical (unpaired) electrons. The molecule has 1 aromatic carbocycles. The molecule has 0 amide bonds. The first kappa shape index (κ1) is 17.2. The molecule has 0 saturated heterocycles. The number of anilines is 1. The van der Waals surface area contributed by atoms with Crippen LogP contribution in [-0.2, 0) is 11.3 Å². The van der Waals surface area contributed by atoms with Crippen molar-refractivity contribution in [2.45, 2.75) is 25.8 Å². The molecule has 1 aliphatic carbocycles. The first-order valence-corrected chi connectivity index (χ1v) is 9.05. The van der Waals surface area contributed by atoms with Crippen LogP contribution in [0.1, 0.15) is 29.2 Å². The zero-order chi connectivity index (χ0) is 18.8. The number of nitrogens with zero attached hydrogens (tertiary/aromatic N) is 2. The molecule has 0 spiro atoms. The number of carbonyl (C=O) groups is 1. The Morgan fingerprint density at radius 3 is 2.74 bits per heavy atom. The minimum Gasteiger partial charge on any atom is -0.481 e. The number of aliphatic carboxylic acids is 1. The van der Waals surface area contributed by atoms with E-state index in [9.17, 15) is 4.79 Å². The van der Waals surface area contributed by atoms with Gasteiger partial charge in [0.05, 0.1) is 5.92 Å². The van der Waals surface area contributed by atoms with Gasteiger partial charge in [0.15, 0.2) is 0 Å². The summed E-state index contributed by atoms with van der Waals surface area (Å²) in [6.07, 6.45) is 4.25. The molecule has 1 aliphatic rings. The van der Waals surface area contributed by atoms with Gasteiger partial charge < -0.3 is 10.4 Å². The molecule has 27 heavy (non-hydrogen) atoms. The highest BCUT2D eigenvalue weighted by Crippen LogP contribution is 2.47. The van der Waals surface area contributed by atoms with Crippen LogP contribution < -0.4 is 5.32 Å². The number of carboxylic acid groups (broad SMARTS) is 1. The van der Waals surface area contributed by atoms with Gasteiger partial charge in [0.2, 0.25) is 0 Å². The fraction of sp³-hybridized carbons (Fsp3) is 0.227. The second kappa shape index (κ2) is 7.19. The smallest absolute Gasteiger partial charge is 0.307 e. The molecule has 5 nitrogen and oxygen atoms in total. The predicted octanol–water partition coefficient (Wildman–Crippen LogP) is 4.25. The third-order valence-corrected chi connectivity index (χ3v) is 4.92. The van der Waals surface area contributed by atoms with E-state index >= 15 is 0 Å². The van der Waals surface area contributed by atoms with Gasteiger partial charge in [-0.25, -0.2) is 4.98 Å². The SMILES string of the molecule is Cc1cccc(CNc2ccc(-c3ccnc([C@H]4C[C@@H]4C(=O)O)c3)cn2)c1. The topological polar surface area (TPSA) is 75.1 Å². The largest absolute Gasteiger partial charge is 0.481 e. The molecule has 1 saturated carbocycles. The highest BCUT2D eigenvalue weighted by atomic mass is 16.4. The van der Waals surface area contributed by atoms with E-state index < -0.39 is 5.97 Å². The quantitative estimate of drug-likeness (QED) is 0.688. The lowest BCUT2D eigenvalue weighted by Gasteiger charge is -2.08. The summed E-state index contributed by atoms with van der Waals surface area (Å²) in [7, 11) is 0. The lowest BCUT2D eigenvalue weighted by atomic mass is 10.1. The summed E-state index contributed by atoms with van der Waals surface area (Å²) in [5.74, 6) is -0.176. The Balaban J connectivity index is 1.44. The summed E-state index contributed by atoms with van der Waals surface area (Å²) >= 11 is 0. The zero-order valence-electron chi connectivity index (χ0n) is 15.1. The first-order valence-electron chi connectivity index (χ1n) is 9.05. The van der Waals surface area contributed by atoms with Crippen molar-refractivity contribution < 1.29 is 9.90 Å². The number of pyridine rings is 2. The monoisotopic (exact) mass is 359 g/mol. The van der Waals surface area contributed by atoms with Gasteiger partial charge in [0.1, 0.15) is 5.82 Å². The van der Waals surface area contributed by atoms with Crippen LogP contribution in [0.4, 0.5) is 5.82 Å². The van der Waals surface area contributed by atoms with Crippen LogP contribution in [0.2, 0.25) is 0 Å². The van der Waals surface area contributed by atoms with Crippen molar-refractivity contribution in [3.63, 3.8) is 0 Å². The average Bonchev–Trinajstić information content (AvgIpc) is 3.48. The van der Waals surface area contributed by atoms with Gasteiger partial charge >= 0.3 is 5.97 Å². The maximum absolute atomic E-state index is 11.1. The molecule has 2 atom stereocenters. The highest BCUT2D eigenvalue weighted by molar-refractivity contribution is 5.75. The molecule has 5 heteroatoms. The van der Waals surface area contributed by atoms with Crippen molar-refractivity contribution in [2.24, 2.45) is 5.92 Å². The number of rotatable bonds is 6. The van der Waals surface area contributed by atoms with Crippen molar-refractivity contribution >= 4 is 11.8 Å². The standard InChI is InChI=1S/C22H21N3O2/c1-14-3-2-4-15(9-14)12-24-21-6-5-17(13-25-21)16-7-8-23-20(10-16)18-11-19(18)22(26)27/h2-10,13,18-19H,11-12H2,1H3,(H,24,25)(H,26,27)/t18-,19-/m0/s1. The molecule has 0 bridgehead atoms. The molecule has 2 N–H and O–H groups in total. The normalized spacial score (nSPS) is 18.1. The molecule has 2 aromatic heterocycles.